The first-order chi connectivity index (χ1) is 15.5. The van der Waals surface area contributed by atoms with Crippen LogP contribution >= 0.6 is 0 Å². The van der Waals surface area contributed by atoms with E-state index in [2.05, 4.69) is 11.9 Å². The van der Waals surface area contributed by atoms with E-state index in [1.165, 1.54) is 0 Å². The van der Waals surface area contributed by atoms with E-state index in [9.17, 15) is 0 Å². The number of hydrogen-bond donors (Lipinski definition) is 1. The molecule has 0 spiro atoms. The molecule has 0 atom stereocenters. The van der Waals surface area contributed by atoms with Crippen molar-refractivity contribution in [3.8, 4) is 17.2 Å². The number of hydrogen-bond acceptors (Lipinski definition) is 5. The van der Waals surface area contributed by atoms with Gasteiger partial charge < -0.3 is 14.8 Å². The minimum Gasteiger partial charge on any atom is -0.497 e. The summed E-state index contributed by atoms with van der Waals surface area (Å²) in [5, 5.41) is 3.10. The predicted molar refractivity (Wildman–Crippen MR) is 134 cm³/mol. The highest BCUT2D eigenvalue weighted by atomic mass is 17.2. The van der Waals surface area contributed by atoms with Crippen molar-refractivity contribution < 1.29 is 19.2 Å². The van der Waals surface area contributed by atoms with Crippen LogP contribution in [0.25, 0.3) is 0 Å². The summed E-state index contributed by atoms with van der Waals surface area (Å²) in [4.78, 5) is 11.5. The second kappa shape index (κ2) is 13.9. The molecule has 5 nitrogen and oxygen atoms in total. The Balaban J connectivity index is 0.00000249. The molecule has 0 bridgehead atoms. The third-order valence-electron chi connectivity index (χ3n) is 4.86. The monoisotopic (exact) mass is 439 g/mol. The third-order valence-corrected chi connectivity index (χ3v) is 4.86. The van der Waals surface area contributed by atoms with E-state index < -0.39 is 0 Å². The summed E-state index contributed by atoms with van der Waals surface area (Å²) >= 11 is 0. The van der Waals surface area contributed by atoms with Gasteiger partial charge in [0.1, 0.15) is 11.5 Å². The number of allylic oxidation sites excluding steroid dienone is 4. The summed E-state index contributed by atoms with van der Waals surface area (Å²) in [6, 6.07) is 9.73. The lowest BCUT2D eigenvalue weighted by atomic mass is 9.97. The van der Waals surface area contributed by atoms with Crippen molar-refractivity contribution in [1.82, 2.24) is 0 Å². The fraction of sp³-hybridized carbons (Fsp3) is 0.333. The van der Waals surface area contributed by atoms with E-state index in [0.717, 1.165) is 39.4 Å². The Hall–Kier alpha value is -3.34. The zero-order valence-electron chi connectivity index (χ0n) is 20.7. The molecule has 0 unspecified atom stereocenters. The molecule has 0 fully saturated rings. The number of ether oxygens (including phenoxy) is 2. The summed E-state index contributed by atoms with van der Waals surface area (Å²) in [6.07, 6.45) is 6.07. The lowest BCUT2D eigenvalue weighted by Gasteiger charge is -2.17. The Labute approximate surface area is 193 Å². The molecule has 174 valence electrons. The first-order valence-corrected chi connectivity index (χ1v) is 10.8. The standard InChI is InChI=1S/C25H31NO4.C2H6/c1-8-10-23(29-30-24-15-20(26-5)12-11-17(24)3)19(9-2)14-22-18(4)13-21(27-6)16-25(22)28-7;1-2/h8-13,15-16,26H,1,14H2,2-7H3;1-2H3/b19-9?,23-10-;. The Bertz CT molecular complexity index is 945. The molecule has 2 aromatic carbocycles. The molecule has 0 aliphatic carbocycles. The quantitative estimate of drug-likeness (QED) is 0.188. The highest BCUT2D eigenvalue weighted by molar-refractivity contribution is 5.51. The molecule has 1 N–H and O–H groups in total. The Morgan fingerprint density at radius 3 is 2.28 bits per heavy atom. The van der Waals surface area contributed by atoms with Gasteiger partial charge in [-0.3, -0.25) is 9.78 Å². The minimum absolute atomic E-state index is 0.582. The average Bonchev–Trinajstić information content (AvgIpc) is 2.82. The second-order valence-corrected chi connectivity index (χ2v) is 6.78. The maximum absolute atomic E-state index is 5.76. The van der Waals surface area contributed by atoms with Crippen LogP contribution in [0.4, 0.5) is 5.69 Å². The zero-order chi connectivity index (χ0) is 24.1. The highest BCUT2D eigenvalue weighted by Crippen LogP contribution is 2.32. The molecule has 32 heavy (non-hydrogen) atoms. The molecule has 5 heteroatoms. The Morgan fingerprint density at radius 1 is 1.00 bits per heavy atom. The first kappa shape index (κ1) is 26.7. The average molecular weight is 440 g/mol. The fourth-order valence-corrected chi connectivity index (χ4v) is 3.03. The first-order valence-electron chi connectivity index (χ1n) is 10.8. The molecular weight excluding hydrogens is 402 g/mol. The molecule has 0 aliphatic rings. The topological polar surface area (TPSA) is 49.0 Å². The molecule has 0 amide bonds. The third kappa shape index (κ3) is 7.12. The molecule has 2 rings (SSSR count). The Kier molecular flexibility index (Phi) is 11.6. The van der Waals surface area contributed by atoms with Gasteiger partial charge in [-0.25, -0.2) is 0 Å². The van der Waals surface area contributed by atoms with E-state index in [1.807, 2.05) is 78.1 Å². The molecular formula is C27H37NO4. The van der Waals surface area contributed by atoms with E-state index in [4.69, 9.17) is 19.2 Å². The summed E-state index contributed by atoms with van der Waals surface area (Å²) in [5.74, 6) is 2.75. The number of benzene rings is 2. The van der Waals surface area contributed by atoms with Crippen LogP contribution in [0.3, 0.4) is 0 Å². The molecule has 0 saturated heterocycles. The van der Waals surface area contributed by atoms with Gasteiger partial charge in [0.2, 0.25) is 0 Å². The van der Waals surface area contributed by atoms with Crippen LogP contribution in [-0.2, 0) is 11.3 Å². The number of anilines is 1. The summed E-state index contributed by atoms with van der Waals surface area (Å²) < 4.78 is 11.0. The predicted octanol–water partition coefficient (Wildman–Crippen LogP) is 6.96. The molecule has 0 aromatic heterocycles. The molecule has 0 saturated carbocycles. The summed E-state index contributed by atoms with van der Waals surface area (Å²) in [6.45, 7) is 13.8. The van der Waals surface area contributed by atoms with Gasteiger partial charge in [-0.05, 0) is 55.7 Å². The molecule has 0 radical (unpaired) electrons. The zero-order valence-corrected chi connectivity index (χ0v) is 20.7. The van der Waals surface area contributed by atoms with Gasteiger partial charge >= 0.3 is 0 Å². The fourth-order valence-electron chi connectivity index (χ4n) is 3.03. The molecule has 0 aliphatic heterocycles. The molecule has 0 heterocycles. The number of rotatable bonds is 10. The lowest BCUT2D eigenvalue weighted by Crippen LogP contribution is -2.06. The van der Waals surface area contributed by atoms with Crippen molar-refractivity contribution in [3.63, 3.8) is 0 Å². The van der Waals surface area contributed by atoms with Crippen LogP contribution in [-0.4, -0.2) is 21.3 Å². The van der Waals surface area contributed by atoms with Gasteiger partial charge in [0.25, 0.3) is 0 Å². The van der Waals surface area contributed by atoms with Crippen LogP contribution in [0.5, 0.6) is 17.2 Å². The number of nitrogens with one attached hydrogen (secondary N) is 1. The molecule has 2 aromatic rings. The maximum atomic E-state index is 5.76. The highest BCUT2D eigenvalue weighted by Gasteiger charge is 2.16. The smallest absolute Gasteiger partial charge is 0.183 e. The van der Waals surface area contributed by atoms with E-state index in [-0.39, 0.29) is 0 Å². The van der Waals surface area contributed by atoms with E-state index in [0.29, 0.717) is 17.9 Å². The van der Waals surface area contributed by atoms with Gasteiger partial charge in [-0.1, -0.05) is 38.6 Å². The largest absolute Gasteiger partial charge is 0.497 e. The van der Waals surface area contributed by atoms with Crippen LogP contribution in [0.1, 0.15) is 37.5 Å². The van der Waals surface area contributed by atoms with Gasteiger partial charge in [0.05, 0.1) is 14.2 Å². The second-order valence-electron chi connectivity index (χ2n) is 6.78. The van der Waals surface area contributed by atoms with Gasteiger partial charge in [0, 0.05) is 36.9 Å². The van der Waals surface area contributed by atoms with Crippen molar-refractivity contribution >= 4 is 5.69 Å². The van der Waals surface area contributed by atoms with Crippen molar-refractivity contribution in [2.24, 2.45) is 0 Å². The number of aryl methyl sites for hydroxylation is 2. The van der Waals surface area contributed by atoms with Crippen molar-refractivity contribution in [2.75, 3.05) is 26.6 Å². The van der Waals surface area contributed by atoms with Crippen LogP contribution < -0.4 is 19.7 Å². The number of methoxy groups -OCH3 is 2. The van der Waals surface area contributed by atoms with E-state index >= 15 is 0 Å². The SMILES string of the molecule is C=C/C=C(\OOc1cc(NC)ccc1C)C(=CC)Cc1c(C)cc(OC)cc1OC.CC. The van der Waals surface area contributed by atoms with Crippen LogP contribution in [0.15, 0.2) is 66.5 Å². The van der Waals surface area contributed by atoms with Gasteiger partial charge in [-0.2, -0.15) is 0 Å². The van der Waals surface area contributed by atoms with Crippen molar-refractivity contribution in [3.05, 3.63) is 83.2 Å². The normalized spacial score (nSPS) is 11.1. The minimum atomic E-state index is 0.582. The lowest BCUT2D eigenvalue weighted by molar-refractivity contribution is -0.163. The summed E-state index contributed by atoms with van der Waals surface area (Å²) in [5.41, 5.74) is 4.99. The van der Waals surface area contributed by atoms with Crippen LogP contribution in [0.2, 0.25) is 0 Å². The Morgan fingerprint density at radius 2 is 1.72 bits per heavy atom. The van der Waals surface area contributed by atoms with Crippen molar-refractivity contribution in [1.29, 1.82) is 0 Å². The summed E-state index contributed by atoms with van der Waals surface area (Å²) in [7, 11) is 5.16. The van der Waals surface area contributed by atoms with Crippen molar-refractivity contribution in [2.45, 2.75) is 41.0 Å². The van der Waals surface area contributed by atoms with Gasteiger partial charge in [0.15, 0.2) is 11.5 Å². The van der Waals surface area contributed by atoms with E-state index in [1.54, 1.807) is 26.4 Å². The van der Waals surface area contributed by atoms with Crippen LogP contribution in [0, 0.1) is 13.8 Å². The maximum Gasteiger partial charge on any atom is 0.183 e. The van der Waals surface area contributed by atoms with Gasteiger partial charge in [-0.15, -0.1) is 0 Å².